The molecule has 4 heteroatoms. The molecule has 0 aliphatic rings. The Bertz CT molecular complexity index is 255. The van der Waals surface area contributed by atoms with Crippen LogP contribution in [0.1, 0.15) is 53.9 Å². The van der Waals surface area contributed by atoms with Crippen LogP contribution >= 0.6 is 0 Å². The number of likely N-dealkylation sites (N-methyl/N-ethyl adjacent to an activating group) is 1. The highest BCUT2D eigenvalue weighted by atomic mass is 16.5. The summed E-state index contributed by atoms with van der Waals surface area (Å²) in [6, 6.07) is 0.591. The molecule has 0 amide bonds. The predicted molar refractivity (Wildman–Crippen MR) is 80.3 cm³/mol. The maximum Gasteiger partial charge on any atom is 0.326 e. The number of hydrogen-bond donors (Lipinski definition) is 1. The van der Waals surface area contributed by atoms with Crippen LogP contribution in [-0.2, 0) is 9.53 Å². The number of rotatable bonds is 10. The quantitative estimate of drug-likeness (QED) is 0.620. The summed E-state index contributed by atoms with van der Waals surface area (Å²) in [6.45, 7) is 12.3. The normalized spacial score (nSPS) is 14.7. The Kier molecular flexibility index (Phi) is 9.02. The van der Waals surface area contributed by atoms with Gasteiger partial charge in [0.05, 0.1) is 6.61 Å². The molecule has 19 heavy (non-hydrogen) atoms. The molecule has 1 atom stereocenters. The van der Waals surface area contributed by atoms with Gasteiger partial charge in [-0.2, -0.15) is 0 Å². The smallest absolute Gasteiger partial charge is 0.326 e. The molecule has 0 rings (SSSR count). The minimum atomic E-state index is -0.578. The number of esters is 1. The maximum absolute atomic E-state index is 12.1. The molecular weight excluding hydrogens is 240 g/mol. The molecular formula is C15H32N2O2. The van der Waals surface area contributed by atoms with E-state index in [1.807, 2.05) is 20.8 Å². The van der Waals surface area contributed by atoms with Gasteiger partial charge in [0.25, 0.3) is 0 Å². The zero-order valence-corrected chi connectivity index (χ0v) is 13.6. The molecule has 0 spiro atoms. The second kappa shape index (κ2) is 9.32. The third-order valence-corrected chi connectivity index (χ3v) is 3.82. The van der Waals surface area contributed by atoms with E-state index < -0.39 is 5.54 Å². The summed E-state index contributed by atoms with van der Waals surface area (Å²) in [5, 5.41) is 3.27. The molecule has 0 aromatic rings. The summed E-state index contributed by atoms with van der Waals surface area (Å²) < 4.78 is 5.19. The molecule has 4 nitrogen and oxygen atoms in total. The van der Waals surface area contributed by atoms with Gasteiger partial charge in [-0.15, -0.1) is 0 Å². The van der Waals surface area contributed by atoms with E-state index in [2.05, 4.69) is 31.1 Å². The SMILES string of the molecule is CCNC(C)(CCN(C)C(CC)CC)C(=O)OCC. The molecule has 0 bridgehead atoms. The molecule has 0 aromatic heterocycles. The van der Waals surface area contributed by atoms with Gasteiger partial charge in [-0.05, 0) is 46.7 Å². The monoisotopic (exact) mass is 272 g/mol. The van der Waals surface area contributed by atoms with Crippen molar-refractivity contribution in [2.24, 2.45) is 0 Å². The summed E-state index contributed by atoms with van der Waals surface area (Å²) in [5.74, 6) is -0.144. The van der Waals surface area contributed by atoms with E-state index in [9.17, 15) is 4.79 Å². The first-order valence-corrected chi connectivity index (χ1v) is 7.57. The zero-order chi connectivity index (χ0) is 14.9. The minimum absolute atomic E-state index is 0.144. The Balaban J connectivity index is 4.54. The highest BCUT2D eigenvalue weighted by Crippen LogP contribution is 2.15. The van der Waals surface area contributed by atoms with Crippen molar-refractivity contribution in [2.45, 2.75) is 65.5 Å². The van der Waals surface area contributed by atoms with E-state index in [1.54, 1.807) is 0 Å². The third kappa shape index (κ3) is 5.91. The fourth-order valence-corrected chi connectivity index (χ4v) is 2.44. The molecule has 0 heterocycles. The maximum atomic E-state index is 12.1. The lowest BCUT2D eigenvalue weighted by molar-refractivity contribution is -0.151. The van der Waals surface area contributed by atoms with Gasteiger partial charge < -0.3 is 15.0 Å². The third-order valence-electron chi connectivity index (χ3n) is 3.82. The molecule has 0 aliphatic carbocycles. The summed E-state index contributed by atoms with van der Waals surface area (Å²) in [7, 11) is 2.13. The number of ether oxygens (including phenoxy) is 1. The molecule has 0 radical (unpaired) electrons. The molecule has 1 unspecified atom stereocenters. The van der Waals surface area contributed by atoms with Gasteiger partial charge in [-0.1, -0.05) is 20.8 Å². The van der Waals surface area contributed by atoms with Gasteiger partial charge >= 0.3 is 5.97 Å². The summed E-state index contributed by atoms with van der Waals surface area (Å²) in [6.07, 6.45) is 3.06. The van der Waals surface area contributed by atoms with E-state index in [4.69, 9.17) is 4.74 Å². The molecule has 114 valence electrons. The fourth-order valence-electron chi connectivity index (χ4n) is 2.44. The number of carbonyl (C=O) groups excluding carboxylic acids is 1. The van der Waals surface area contributed by atoms with Gasteiger partial charge in [-0.3, -0.25) is 4.79 Å². The Hall–Kier alpha value is -0.610. The number of carbonyl (C=O) groups is 1. The van der Waals surface area contributed by atoms with Crippen LogP contribution in [0.2, 0.25) is 0 Å². The van der Waals surface area contributed by atoms with Gasteiger partial charge in [0.15, 0.2) is 0 Å². The van der Waals surface area contributed by atoms with E-state index in [1.165, 1.54) is 0 Å². The number of hydrogen-bond acceptors (Lipinski definition) is 4. The van der Waals surface area contributed by atoms with Crippen LogP contribution in [0.4, 0.5) is 0 Å². The van der Waals surface area contributed by atoms with Crippen molar-refractivity contribution in [3.63, 3.8) is 0 Å². The van der Waals surface area contributed by atoms with E-state index >= 15 is 0 Å². The van der Waals surface area contributed by atoms with Crippen molar-refractivity contribution in [2.75, 3.05) is 26.7 Å². The second-order valence-corrected chi connectivity index (χ2v) is 5.28. The van der Waals surface area contributed by atoms with Crippen LogP contribution < -0.4 is 5.32 Å². The highest BCUT2D eigenvalue weighted by molar-refractivity contribution is 5.80. The zero-order valence-electron chi connectivity index (χ0n) is 13.6. The topological polar surface area (TPSA) is 41.6 Å². The first kappa shape index (κ1) is 18.4. The molecule has 0 saturated heterocycles. The number of nitrogens with one attached hydrogen (secondary N) is 1. The van der Waals surface area contributed by atoms with E-state index in [0.717, 1.165) is 32.4 Å². The van der Waals surface area contributed by atoms with Crippen LogP contribution in [0, 0.1) is 0 Å². The predicted octanol–water partition coefficient (Wildman–Crippen LogP) is 2.43. The van der Waals surface area contributed by atoms with Gasteiger partial charge in [-0.25, -0.2) is 0 Å². The summed E-state index contributed by atoms with van der Waals surface area (Å²) in [4.78, 5) is 14.4. The van der Waals surface area contributed by atoms with Crippen LogP contribution in [0.15, 0.2) is 0 Å². The van der Waals surface area contributed by atoms with Gasteiger partial charge in [0.1, 0.15) is 5.54 Å². The Labute approximate surface area is 118 Å². The van der Waals surface area contributed by atoms with Crippen LogP contribution in [0.5, 0.6) is 0 Å². The standard InChI is InChI=1S/C15H32N2O2/c1-7-13(8-2)17(6)12-11-15(5,16-9-3)14(18)19-10-4/h13,16H,7-12H2,1-6H3. The van der Waals surface area contributed by atoms with Crippen LogP contribution in [0.25, 0.3) is 0 Å². The lowest BCUT2D eigenvalue weighted by Crippen LogP contribution is -2.52. The van der Waals surface area contributed by atoms with Crippen molar-refractivity contribution in [1.29, 1.82) is 0 Å². The largest absolute Gasteiger partial charge is 0.465 e. The Morgan fingerprint density at radius 2 is 1.84 bits per heavy atom. The molecule has 0 fully saturated rings. The van der Waals surface area contributed by atoms with Crippen molar-refractivity contribution in [1.82, 2.24) is 10.2 Å². The van der Waals surface area contributed by atoms with E-state index in [-0.39, 0.29) is 5.97 Å². The van der Waals surface area contributed by atoms with Crippen molar-refractivity contribution in [3.05, 3.63) is 0 Å². The Morgan fingerprint density at radius 1 is 1.26 bits per heavy atom. The van der Waals surface area contributed by atoms with E-state index in [0.29, 0.717) is 12.6 Å². The van der Waals surface area contributed by atoms with Crippen molar-refractivity contribution < 1.29 is 9.53 Å². The minimum Gasteiger partial charge on any atom is -0.465 e. The average Bonchev–Trinajstić information content (AvgIpc) is 2.38. The van der Waals surface area contributed by atoms with Crippen LogP contribution in [0.3, 0.4) is 0 Å². The Morgan fingerprint density at radius 3 is 2.26 bits per heavy atom. The average molecular weight is 272 g/mol. The molecule has 0 aromatic carbocycles. The molecule has 0 aliphatic heterocycles. The van der Waals surface area contributed by atoms with Gasteiger partial charge in [0.2, 0.25) is 0 Å². The second-order valence-electron chi connectivity index (χ2n) is 5.28. The number of nitrogens with zero attached hydrogens (tertiary/aromatic N) is 1. The van der Waals surface area contributed by atoms with Crippen molar-refractivity contribution in [3.8, 4) is 0 Å². The molecule has 1 N–H and O–H groups in total. The first-order chi connectivity index (χ1) is 8.95. The van der Waals surface area contributed by atoms with Crippen molar-refractivity contribution >= 4 is 5.97 Å². The first-order valence-electron chi connectivity index (χ1n) is 7.57. The summed E-state index contributed by atoms with van der Waals surface area (Å²) >= 11 is 0. The van der Waals surface area contributed by atoms with Gasteiger partial charge in [0, 0.05) is 12.6 Å². The lowest BCUT2D eigenvalue weighted by Gasteiger charge is -2.32. The fraction of sp³-hybridized carbons (Fsp3) is 0.933. The van der Waals surface area contributed by atoms with Crippen LogP contribution in [-0.4, -0.2) is 49.2 Å². The lowest BCUT2D eigenvalue weighted by atomic mass is 9.96. The summed E-state index contributed by atoms with van der Waals surface area (Å²) in [5.41, 5.74) is -0.578. The molecule has 0 saturated carbocycles. The highest BCUT2D eigenvalue weighted by Gasteiger charge is 2.34.